The maximum absolute atomic E-state index is 12.2. The molecule has 1 unspecified atom stereocenters. The van der Waals surface area contributed by atoms with Crippen molar-refractivity contribution in [2.24, 2.45) is 4.99 Å². The summed E-state index contributed by atoms with van der Waals surface area (Å²) in [5.41, 5.74) is 2.07. The van der Waals surface area contributed by atoms with Gasteiger partial charge in [0.15, 0.2) is 5.96 Å². The zero-order valence-electron chi connectivity index (χ0n) is 17.7. The molecule has 5 nitrogen and oxygen atoms in total. The number of nitrogens with one attached hydrogen (secondary N) is 2. The van der Waals surface area contributed by atoms with Gasteiger partial charge < -0.3 is 20.1 Å². The lowest BCUT2D eigenvalue weighted by atomic mass is 10.1. The first-order valence-electron chi connectivity index (χ1n) is 10.3. The number of ether oxygens (including phenoxy) is 2. The largest absolute Gasteiger partial charge is 0.491 e. The number of alkyl halides is 3. The molecule has 2 N–H and O–H groups in total. The molecule has 30 heavy (non-hydrogen) atoms. The number of hydrogen-bond donors (Lipinski definition) is 2. The average Bonchev–Trinajstić information content (AvgIpc) is 3.17. The number of aliphatic imine (C=N–C) groups is 1. The van der Waals surface area contributed by atoms with Crippen molar-refractivity contribution in [1.29, 1.82) is 0 Å². The van der Waals surface area contributed by atoms with Crippen molar-refractivity contribution in [3.8, 4) is 5.75 Å². The molecule has 0 spiro atoms. The summed E-state index contributed by atoms with van der Waals surface area (Å²) in [6.07, 6.45) is -2.08. The van der Waals surface area contributed by atoms with E-state index in [1.165, 1.54) is 0 Å². The smallest absolute Gasteiger partial charge is 0.389 e. The third kappa shape index (κ3) is 10.7. The first kappa shape index (κ1) is 26.8. The highest BCUT2D eigenvalue weighted by Crippen LogP contribution is 2.23. The SMILES string of the molecule is CCNC(=NCc1ccc(C)cc1OCC1CCCO1)NCCCCC(F)(F)F.I. The summed E-state index contributed by atoms with van der Waals surface area (Å²) in [5.74, 6) is 1.38. The van der Waals surface area contributed by atoms with Crippen LogP contribution < -0.4 is 15.4 Å². The Balaban J connectivity index is 0.00000450. The molecule has 9 heteroatoms. The first-order chi connectivity index (χ1) is 13.9. The molecule has 0 amide bonds. The molecule has 1 aliphatic heterocycles. The zero-order valence-corrected chi connectivity index (χ0v) is 20.0. The van der Waals surface area contributed by atoms with Crippen molar-refractivity contribution in [3.05, 3.63) is 29.3 Å². The van der Waals surface area contributed by atoms with Gasteiger partial charge in [-0.2, -0.15) is 13.2 Å². The van der Waals surface area contributed by atoms with Gasteiger partial charge in [0.2, 0.25) is 0 Å². The zero-order chi connectivity index (χ0) is 21.1. The molecule has 0 bridgehead atoms. The molecule has 1 aliphatic rings. The van der Waals surface area contributed by atoms with Gasteiger partial charge in [-0.05, 0) is 51.2 Å². The Morgan fingerprint density at radius 1 is 1.27 bits per heavy atom. The molecule has 2 rings (SSSR count). The van der Waals surface area contributed by atoms with Crippen LogP contribution in [0.15, 0.2) is 23.2 Å². The molecular formula is C21H33F3IN3O2. The van der Waals surface area contributed by atoms with Crippen LogP contribution in [0.4, 0.5) is 13.2 Å². The van der Waals surface area contributed by atoms with E-state index < -0.39 is 12.6 Å². The second kappa shape index (κ2) is 14.0. The fourth-order valence-corrected chi connectivity index (χ4v) is 3.05. The molecule has 0 radical (unpaired) electrons. The number of halogens is 4. The Hall–Kier alpha value is -1.23. The van der Waals surface area contributed by atoms with E-state index in [1.54, 1.807) is 0 Å². The molecule has 1 fully saturated rings. The number of nitrogens with zero attached hydrogens (tertiary/aromatic N) is 1. The second-order valence-electron chi connectivity index (χ2n) is 7.25. The molecule has 0 saturated carbocycles. The van der Waals surface area contributed by atoms with E-state index in [4.69, 9.17) is 9.47 Å². The predicted octanol–water partition coefficient (Wildman–Crippen LogP) is 4.96. The number of benzene rings is 1. The summed E-state index contributed by atoms with van der Waals surface area (Å²) in [7, 11) is 0. The second-order valence-corrected chi connectivity index (χ2v) is 7.25. The summed E-state index contributed by atoms with van der Waals surface area (Å²) >= 11 is 0. The summed E-state index contributed by atoms with van der Waals surface area (Å²) in [6.45, 7) is 6.81. The van der Waals surface area contributed by atoms with E-state index in [1.807, 2.05) is 32.0 Å². The monoisotopic (exact) mass is 543 g/mol. The Morgan fingerprint density at radius 2 is 2.07 bits per heavy atom. The fourth-order valence-electron chi connectivity index (χ4n) is 3.05. The third-order valence-electron chi connectivity index (χ3n) is 4.60. The molecule has 0 aromatic heterocycles. The molecule has 1 aromatic rings. The van der Waals surface area contributed by atoms with E-state index in [9.17, 15) is 13.2 Å². The van der Waals surface area contributed by atoms with Crippen molar-refractivity contribution < 1.29 is 22.6 Å². The molecule has 1 aromatic carbocycles. The minimum absolute atomic E-state index is 0. The fraction of sp³-hybridized carbons (Fsp3) is 0.667. The van der Waals surface area contributed by atoms with Gasteiger partial charge in [-0.3, -0.25) is 0 Å². The van der Waals surface area contributed by atoms with E-state index >= 15 is 0 Å². The number of aryl methyl sites for hydroxylation is 1. The van der Waals surface area contributed by atoms with E-state index in [0.29, 0.717) is 38.6 Å². The van der Waals surface area contributed by atoms with Crippen LogP contribution >= 0.6 is 24.0 Å². The Labute approximate surface area is 194 Å². The van der Waals surface area contributed by atoms with Gasteiger partial charge in [-0.1, -0.05) is 12.1 Å². The molecule has 172 valence electrons. The lowest BCUT2D eigenvalue weighted by molar-refractivity contribution is -0.135. The molecule has 0 aliphatic carbocycles. The van der Waals surface area contributed by atoms with E-state index in [2.05, 4.69) is 15.6 Å². The third-order valence-corrected chi connectivity index (χ3v) is 4.60. The highest BCUT2D eigenvalue weighted by Gasteiger charge is 2.25. The number of hydrogen-bond acceptors (Lipinski definition) is 3. The van der Waals surface area contributed by atoms with Crippen LogP contribution in [0.25, 0.3) is 0 Å². The van der Waals surface area contributed by atoms with Gasteiger partial charge in [-0.15, -0.1) is 24.0 Å². The van der Waals surface area contributed by atoms with Gasteiger partial charge >= 0.3 is 6.18 Å². The highest BCUT2D eigenvalue weighted by atomic mass is 127. The highest BCUT2D eigenvalue weighted by molar-refractivity contribution is 14.0. The number of guanidine groups is 1. The lowest BCUT2D eigenvalue weighted by Gasteiger charge is -2.15. The average molecular weight is 543 g/mol. The molecule has 1 saturated heterocycles. The molecule has 1 heterocycles. The first-order valence-corrected chi connectivity index (χ1v) is 10.3. The van der Waals surface area contributed by atoms with Crippen molar-refractivity contribution in [1.82, 2.24) is 10.6 Å². The Bertz CT molecular complexity index is 651. The van der Waals surface area contributed by atoms with E-state index in [-0.39, 0.29) is 36.5 Å². The van der Waals surface area contributed by atoms with Crippen LogP contribution in [0.3, 0.4) is 0 Å². The normalized spacial score (nSPS) is 16.8. The maximum Gasteiger partial charge on any atom is 0.389 e. The van der Waals surface area contributed by atoms with Crippen LogP contribution in [0, 0.1) is 6.92 Å². The molecular weight excluding hydrogens is 510 g/mol. The van der Waals surface area contributed by atoms with Crippen molar-refractivity contribution in [2.45, 2.75) is 64.8 Å². The van der Waals surface area contributed by atoms with Crippen LogP contribution in [-0.4, -0.2) is 44.5 Å². The van der Waals surface area contributed by atoms with Crippen molar-refractivity contribution in [2.75, 3.05) is 26.3 Å². The van der Waals surface area contributed by atoms with Crippen LogP contribution in [-0.2, 0) is 11.3 Å². The lowest BCUT2D eigenvalue weighted by Crippen LogP contribution is -2.37. The standard InChI is InChI=1S/C21H32F3N3O2.HI/c1-3-25-20(26-11-5-4-10-21(22,23)24)27-14-17-9-8-16(2)13-19(17)29-15-18-7-6-12-28-18;/h8-9,13,18H,3-7,10-12,14-15H2,1-2H3,(H2,25,26,27);1H. The van der Waals surface area contributed by atoms with Gasteiger partial charge in [0.05, 0.1) is 12.6 Å². The summed E-state index contributed by atoms with van der Waals surface area (Å²) in [4.78, 5) is 4.56. The molecule has 1 atom stereocenters. The minimum Gasteiger partial charge on any atom is -0.491 e. The Morgan fingerprint density at radius 3 is 2.73 bits per heavy atom. The topological polar surface area (TPSA) is 54.9 Å². The maximum atomic E-state index is 12.2. The number of unbranched alkanes of at least 4 members (excludes halogenated alkanes) is 1. The quantitative estimate of drug-likeness (QED) is 0.190. The van der Waals surface area contributed by atoms with Gasteiger partial charge in [0.25, 0.3) is 0 Å². The van der Waals surface area contributed by atoms with Gasteiger partial charge in [-0.25, -0.2) is 4.99 Å². The van der Waals surface area contributed by atoms with Crippen LogP contribution in [0.5, 0.6) is 5.75 Å². The Kier molecular flexibility index (Phi) is 12.5. The summed E-state index contributed by atoms with van der Waals surface area (Å²) in [5, 5.41) is 6.22. The summed E-state index contributed by atoms with van der Waals surface area (Å²) in [6, 6.07) is 6.01. The number of rotatable bonds is 10. The van der Waals surface area contributed by atoms with Crippen LogP contribution in [0.2, 0.25) is 0 Å². The minimum atomic E-state index is -4.09. The van der Waals surface area contributed by atoms with Crippen molar-refractivity contribution >= 4 is 29.9 Å². The summed E-state index contributed by atoms with van der Waals surface area (Å²) < 4.78 is 48.3. The van der Waals surface area contributed by atoms with Crippen molar-refractivity contribution in [3.63, 3.8) is 0 Å². The van der Waals surface area contributed by atoms with E-state index in [0.717, 1.165) is 36.3 Å². The predicted molar refractivity (Wildman–Crippen MR) is 124 cm³/mol. The van der Waals surface area contributed by atoms with Gasteiger partial charge in [0, 0.05) is 31.7 Å². The van der Waals surface area contributed by atoms with Crippen LogP contribution in [0.1, 0.15) is 50.2 Å². The van der Waals surface area contributed by atoms with Gasteiger partial charge in [0.1, 0.15) is 12.4 Å².